The summed E-state index contributed by atoms with van der Waals surface area (Å²) in [6.07, 6.45) is 3.50. The molecule has 2 rings (SSSR count). The Morgan fingerprint density at radius 3 is 2.53 bits per heavy atom. The highest BCUT2D eigenvalue weighted by molar-refractivity contribution is 5.20. The second kappa shape index (κ2) is 5.61. The molecule has 3 heteroatoms. The van der Waals surface area contributed by atoms with E-state index in [1.165, 1.54) is 6.07 Å². The van der Waals surface area contributed by atoms with Crippen LogP contribution in [0.3, 0.4) is 0 Å². The summed E-state index contributed by atoms with van der Waals surface area (Å²) in [5.41, 5.74) is 0.721. The predicted octanol–water partition coefficient (Wildman–Crippen LogP) is 2.78. The Morgan fingerprint density at radius 1 is 1.24 bits per heavy atom. The Kier molecular flexibility index (Phi) is 4.13. The molecule has 2 N–H and O–H groups in total. The van der Waals surface area contributed by atoms with E-state index in [0.29, 0.717) is 6.04 Å². The van der Waals surface area contributed by atoms with Crippen LogP contribution in [-0.4, -0.2) is 17.3 Å². The molecule has 0 radical (unpaired) electrons. The van der Waals surface area contributed by atoms with Crippen LogP contribution in [-0.2, 0) is 0 Å². The van der Waals surface area contributed by atoms with E-state index in [1.807, 2.05) is 19.1 Å². The molecule has 1 aromatic rings. The SMILES string of the molecule is CC(NC1CCC(O)CC1)c1ccccc1F. The molecule has 1 aliphatic carbocycles. The third-order valence-corrected chi connectivity index (χ3v) is 3.55. The third-order valence-electron chi connectivity index (χ3n) is 3.55. The summed E-state index contributed by atoms with van der Waals surface area (Å²) < 4.78 is 13.6. The van der Waals surface area contributed by atoms with Gasteiger partial charge in [0.1, 0.15) is 5.82 Å². The van der Waals surface area contributed by atoms with Gasteiger partial charge in [0.15, 0.2) is 0 Å². The van der Waals surface area contributed by atoms with Crippen molar-refractivity contribution in [2.45, 2.75) is 50.8 Å². The van der Waals surface area contributed by atoms with Crippen LogP contribution in [0.5, 0.6) is 0 Å². The third kappa shape index (κ3) is 3.27. The molecule has 0 bridgehead atoms. The van der Waals surface area contributed by atoms with Gasteiger partial charge in [-0.05, 0) is 38.7 Å². The fourth-order valence-corrected chi connectivity index (χ4v) is 2.51. The van der Waals surface area contributed by atoms with Crippen molar-refractivity contribution in [2.75, 3.05) is 0 Å². The molecule has 1 saturated carbocycles. The van der Waals surface area contributed by atoms with Crippen molar-refractivity contribution in [3.05, 3.63) is 35.6 Å². The maximum absolute atomic E-state index is 13.6. The van der Waals surface area contributed by atoms with E-state index in [9.17, 15) is 9.50 Å². The van der Waals surface area contributed by atoms with E-state index >= 15 is 0 Å². The first-order valence-corrected chi connectivity index (χ1v) is 6.35. The Balaban J connectivity index is 1.93. The van der Waals surface area contributed by atoms with Gasteiger partial charge in [0, 0.05) is 17.6 Å². The summed E-state index contributed by atoms with van der Waals surface area (Å²) in [6, 6.07) is 7.32. The highest BCUT2D eigenvalue weighted by Crippen LogP contribution is 2.23. The molecule has 1 unspecified atom stereocenters. The smallest absolute Gasteiger partial charge is 0.127 e. The van der Waals surface area contributed by atoms with Crippen molar-refractivity contribution in [1.29, 1.82) is 0 Å². The van der Waals surface area contributed by atoms with Gasteiger partial charge in [0.05, 0.1) is 6.10 Å². The molecule has 0 amide bonds. The number of benzene rings is 1. The molecule has 17 heavy (non-hydrogen) atoms. The molecule has 94 valence electrons. The molecule has 1 aromatic carbocycles. The lowest BCUT2D eigenvalue weighted by atomic mass is 9.92. The second-order valence-electron chi connectivity index (χ2n) is 4.92. The number of halogens is 1. The predicted molar refractivity (Wildman–Crippen MR) is 66.2 cm³/mol. The molecule has 1 fully saturated rings. The minimum absolute atomic E-state index is 0.0245. The molecule has 2 nitrogen and oxygen atoms in total. The van der Waals surface area contributed by atoms with E-state index < -0.39 is 0 Å². The quantitative estimate of drug-likeness (QED) is 0.847. The van der Waals surface area contributed by atoms with Gasteiger partial charge in [-0.25, -0.2) is 4.39 Å². The highest BCUT2D eigenvalue weighted by atomic mass is 19.1. The summed E-state index contributed by atoms with van der Waals surface area (Å²) in [5, 5.41) is 12.9. The lowest BCUT2D eigenvalue weighted by Gasteiger charge is -2.29. The molecule has 0 aliphatic heterocycles. The Bertz CT molecular complexity index is 361. The number of aliphatic hydroxyl groups excluding tert-OH is 1. The van der Waals surface area contributed by atoms with Gasteiger partial charge in [-0.1, -0.05) is 18.2 Å². The van der Waals surface area contributed by atoms with Gasteiger partial charge >= 0.3 is 0 Å². The second-order valence-corrected chi connectivity index (χ2v) is 4.92. The Morgan fingerprint density at radius 2 is 1.88 bits per heavy atom. The average molecular weight is 237 g/mol. The first-order chi connectivity index (χ1) is 8.16. The van der Waals surface area contributed by atoms with Crippen LogP contribution in [0.15, 0.2) is 24.3 Å². The van der Waals surface area contributed by atoms with Crippen molar-refractivity contribution in [1.82, 2.24) is 5.32 Å². The van der Waals surface area contributed by atoms with Crippen molar-refractivity contribution >= 4 is 0 Å². The first kappa shape index (κ1) is 12.5. The molecule has 0 heterocycles. The zero-order chi connectivity index (χ0) is 12.3. The first-order valence-electron chi connectivity index (χ1n) is 6.35. The van der Waals surface area contributed by atoms with Crippen LogP contribution in [0, 0.1) is 5.82 Å². The van der Waals surface area contributed by atoms with Crippen LogP contribution in [0.25, 0.3) is 0 Å². The molecule has 0 saturated heterocycles. The van der Waals surface area contributed by atoms with Gasteiger partial charge in [-0.3, -0.25) is 0 Å². The summed E-state index contributed by atoms with van der Waals surface area (Å²) in [5.74, 6) is -0.150. The van der Waals surface area contributed by atoms with E-state index in [0.717, 1.165) is 31.2 Å². The van der Waals surface area contributed by atoms with Crippen molar-refractivity contribution in [3.8, 4) is 0 Å². The summed E-state index contributed by atoms with van der Waals surface area (Å²) in [6.45, 7) is 1.99. The lowest BCUT2D eigenvalue weighted by molar-refractivity contribution is 0.114. The number of hydrogen-bond donors (Lipinski definition) is 2. The normalized spacial score (nSPS) is 26.8. The number of aliphatic hydroxyl groups is 1. The minimum atomic E-state index is -0.150. The van der Waals surface area contributed by atoms with Crippen LogP contribution in [0.2, 0.25) is 0 Å². The van der Waals surface area contributed by atoms with E-state index in [2.05, 4.69) is 5.32 Å². The van der Waals surface area contributed by atoms with Gasteiger partial charge in [0.25, 0.3) is 0 Å². The number of rotatable bonds is 3. The van der Waals surface area contributed by atoms with Crippen LogP contribution in [0.1, 0.15) is 44.2 Å². The highest BCUT2D eigenvalue weighted by Gasteiger charge is 2.21. The fourth-order valence-electron chi connectivity index (χ4n) is 2.51. The Labute approximate surface area is 102 Å². The average Bonchev–Trinajstić information content (AvgIpc) is 2.32. The number of nitrogens with one attached hydrogen (secondary N) is 1. The molecule has 1 atom stereocenters. The lowest BCUT2D eigenvalue weighted by Crippen LogP contribution is -2.36. The van der Waals surface area contributed by atoms with Gasteiger partial charge < -0.3 is 10.4 Å². The van der Waals surface area contributed by atoms with Crippen LogP contribution < -0.4 is 5.32 Å². The molecular formula is C14H20FNO. The molecule has 0 aromatic heterocycles. The maximum Gasteiger partial charge on any atom is 0.127 e. The summed E-state index contributed by atoms with van der Waals surface area (Å²) in [4.78, 5) is 0. The fraction of sp³-hybridized carbons (Fsp3) is 0.571. The van der Waals surface area contributed by atoms with Crippen molar-refractivity contribution < 1.29 is 9.50 Å². The van der Waals surface area contributed by atoms with Gasteiger partial charge in [-0.2, -0.15) is 0 Å². The van der Waals surface area contributed by atoms with E-state index in [1.54, 1.807) is 6.07 Å². The van der Waals surface area contributed by atoms with Crippen LogP contribution in [0.4, 0.5) is 4.39 Å². The van der Waals surface area contributed by atoms with Gasteiger partial charge in [-0.15, -0.1) is 0 Å². The summed E-state index contributed by atoms with van der Waals surface area (Å²) >= 11 is 0. The van der Waals surface area contributed by atoms with Gasteiger partial charge in [0.2, 0.25) is 0 Å². The molecular weight excluding hydrogens is 217 g/mol. The largest absolute Gasteiger partial charge is 0.393 e. The van der Waals surface area contributed by atoms with Crippen molar-refractivity contribution in [2.24, 2.45) is 0 Å². The van der Waals surface area contributed by atoms with E-state index in [-0.39, 0.29) is 18.0 Å². The maximum atomic E-state index is 13.6. The standard InChI is InChI=1S/C14H20FNO/c1-10(13-4-2-3-5-14(13)15)16-11-6-8-12(17)9-7-11/h2-5,10-12,16-17H,6-9H2,1H3. The monoisotopic (exact) mass is 237 g/mol. The zero-order valence-electron chi connectivity index (χ0n) is 10.2. The summed E-state index contributed by atoms with van der Waals surface area (Å²) in [7, 11) is 0. The molecule has 0 spiro atoms. The van der Waals surface area contributed by atoms with E-state index in [4.69, 9.17) is 0 Å². The topological polar surface area (TPSA) is 32.3 Å². The number of hydrogen-bond acceptors (Lipinski definition) is 2. The Hall–Kier alpha value is -0.930. The van der Waals surface area contributed by atoms with Crippen LogP contribution >= 0.6 is 0 Å². The zero-order valence-corrected chi connectivity index (χ0v) is 10.2. The minimum Gasteiger partial charge on any atom is -0.393 e. The molecule has 1 aliphatic rings. The van der Waals surface area contributed by atoms with Crippen molar-refractivity contribution in [3.63, 3.8) is 0 Å².